The van der Waals surface area contributed by atoms with E-state index in [-0.39, 0.29) is 5.91 Å². The lowest BCUT2D eigenvalue weighted by atomic mass is 10.2. The molecule has 1 amide bonds. The summed E-state index contributed by atoms with van der Waals surface area (Å²) in [6.45, 7) is 0.610. The van der Waals surface area contributed by atoms with Gasteiger partial charge in [0, 0.05) is 35.9 Å². The standard InChI is InChI=1S/C16H17BrN2O/c1-19(13-7-3-2-4-8-13)16(20)11-12-18-15-10-6-5-9-14(15)17/h2-10,18H,11-12H2,1H3. The average Bonchev–Trinajstić information content (AvgIpc) is 2.49. The van der Waals surface area contributed by atoms with E-state index >= 15 is 0 Å². The molecule has 0 aliphatic rings. The number of para-hydroxylation sites is 2. The summed E-state index contributed by atoms with van der Waals surface area (Å²) < 4.78 is 1.00. The number of nitrogens with one attached hydrogen (secondary N) is 1. The fraction of sp³-hybridized carbons (Fsp3) is 0.188. The number of hydrogen-bond donors (Lipinski definition) is 1. The molecule has 0 spiro atoms. The normalized spacial score (nSPS) is 10.1. The monoisotopic (exact) mass is 332 g/mol. The van der Waals surface area contributed by atoms with E-state index in [0.717, 1.165) is 15.8 Å². The van der Waals surface area contributed by atoms with Crippen LogP contribution in [0.2, 0.25) is 0 Å². The van der Waals surface area contributed by atoms with Crippen molar-refractivity contribution in [3.63, 3.8) is 0 Å². The molecule has 0 aromatic heterocycles. The molecule has 20 heavy (non-hydrogen) atoms. The highest BCUT2D eigenvalue weighted by atomic mass is 79.9. The van der Waals surface area contributed by atoms with Crippen molar-refractivity contribution < 1.29 is 4.79 Å². The van der Waals surface area contributed by atoms with E-state index in [0.29, 0.717) is 13.0 Å². The van der Waals surface area contributed by atoms with Crippen LogP contribution in [0.15, 0.2) is 59.1 Å². The van der Waals surface area contributed by atoms with Crippen molar-refractivity contribution in [2.45, 2.75) is 6.42 Å². The highest BCUT2D eigenvalue weighted by molar-refractivity contribution is 9.10. The van der Waals surface area contributed by atoms with Crippen LogP contribution in [0.1, 0.15) is 6.42 Å². The van der Waals surface area contributed by atoms with Gasteiger partial charge < -0.3 is 10.2 Å². The van der Waals surface area contributed by atoms with Crippen LogP contribution in [0.3, 0.4) is 0 Å². The molecule has 0 heterocycles. The molecule has 3 nitrogen and oxygen atoms in total. The molecule has 0 aliphatic heterocycles. The summed E-state index contributed by atoms with van der Waals surface area (Å²) in [5.74, 6) is 0.0933. The Balaban J connectivity index is 1.85. The molecule has 0 bridgehead atoms. The minimum Gasteiger partial charge on any atom is -0.384 e. The van der Waals surface area contributed by atoms with Gasteiger partial charge in [-0.2, -0.15) is 0 Å². The quantitative estimate of drug-likeness (QED) is 0.900. The van der Waals surface area contributed by atoms with E-state index in [1.165, 1.54) is 0 Å². The van der Waals surface area contributed by atoms with Gasteiger partial charge in [-0.15, -0.1) is 0 Å². The van der Waals surface area contributed by atoms with E-state index in [1.807, 2.05) is 54.6 Å². The fourth-order valence-electron chi connectivity index (χ4n) is 1.87. The first-order valence-corrected chi connectivity index (χ1v) is 7.28. The van der Waals surface area contributed by atoms with Gasteiger partial charge in [-0.25, -0.2) is 0 Å². The Kier molecular flexibility index (Phi) is 5.18. The van der Waals surface area contributed by atoms with Gasteiger partial charge in [-0.05, 0) is 40.2 Å². The number of halogens is 1. The Morgan fingerprint density at radius 1 is 1.10 bits per heavy atom. The van der Waals surface area contributed by atoms with Crippen LogP contribution in [-0.4, -0.2) is 19.5 Å². The lowest BCUT2D eigenvalue weighted by molar-refractivity contribution is -0.118. The molecule has 4 heteroatoms. The minimum atomic E-state index is 0.0933. The second-order valence-electron chi connectivity index (χ2n) is 4.44. The number of carbonyl (C=O) groups is 1. The van der Waals surface area contributed by atoms with Gasteiger partial charge in [-0.3, -0.25) is 4.79 Å². The summed E-state index contributed by atoms with van der Waals surface area (Å²) in [6, 6.07) is 17.5. The number of rotatable bonds is 5. The number of benzene rings is 2. The highest BCUT2D eigenvalue weighted by Crippen LogP contribution is 2.21. The Morgan fingerprint density at radius 2 is 1.75 bits per heavy atom. The van der Waals surface area contributed by atoms with Crippen molar-refractivity contribution in [3.05, 3.63) is 59.1 Å². The molecule has 0 radical (unpaired) electrons. The maximum Gasteiger partial charge on any atom is 0.228 e. The maximum absolute atomic E-state index is 12.1. The number of hydrogen-bond acceptors (Lipinski definition) is 2. The van der Waals surface area contributed by atoms with E-state index in [1.54, 1.807) is 11.9 Å². The van der Waals surface area contributed by atoms with Crippen LogP contribution >= 0.6 is 15.9 Å². The summed E-state index contributed by atoms with van der Waals surface area (Å²) in [7, 11) is 1.80. The zero-order valence-electron chi connectivity index (χ0n) is 11.3. The molecule has 0 atom stereocenters. The van der Waals surface area contributed by atoms with E-state index in [9.17, 15) is 4.79 Å². The first kappa shape index (κ1) is 14.6. The first-order valence-electron chi connectivity index (χ1n) is 6.48. The largest absolute Gasteiger partial charge is 0.384 e. The number of nitrogens with zero attached hydrogens (tertiary/aromatic N) is 1. The first-order chi connectivity index (χ1) is 9.68. The third kappa shape index (κ3) is 3.84. The van der Waals surface area contributed by atoms with Crippen LogP contribution in [0, 0.1) is 0 Å². The molecule has 2 rings (SSSR count). The molecule has 1 N–H and O–H groups in total. The van der Waals surface area contributed by atoms with Crippen molar-refractivity contribution in [1.82, 2.24) is 0 Å². The smallest absolute Gasteiger partial charge is 0.228 e. The van der Waals surface area contributed by atoms with Crippen LogP contribution in [0.4, 0.5) is 11.4 Å². The number of anilines is 2. The van der Waals surface area contributed by atoms with Gasteiger partial charge in [0.05, 0.1) is 0 Å². The number of carbonyl (C=O) groups excluding carboxylic acids is 1. The molecule has 0 unspecified atom stereocenters. The van der Waals surface area contributed by atoms with Crippen molar-refractivity contribution in [1.29, 1.82) is 0 Å². The zero-order chi connectivity index (χ0) is 14.4. The fourth-order valence-corrected chi connectivity index (χ4v) is 2.30. The van der Waals surface area contributed by atoms with E-state index in [2.05, 4.69) is 21.2 Å². The van der Waals surface area contributed by atoms with Crippen molar-refractivity contribution in [2.24, 2.45) is 0 Å². The van der Waals surface area contributed by atoms with E-state index in [4.69, 9.17) is 0 Å². The van der Waals surface area contributed by atoms with E-state index < -0.39 is 0 Å². The minimum absolute atomic E-state index is 0.0933. The lowest BCUT2D eigenvalue weighted by Gasteiger charge is -2.17. The Morgan fingerprint density at radius 3 is 2.45 bits per heavy atom. The molecule has 104 valence electrons. The van der Waals surface area contributed by atoms with Gasteiger partial charge in [0.15, 0.2) is 0 Å². The van der Waals surface area contributed by atoms with Gasteiger partial charge in [0.2, 0.25) is 5.91 Å². The van der Waals surface area contributed by atoms with Gasteiger partial charge in [0.1, 0.15) is 0 Å². The summed E-state index contributed by atoms with van der Waals surface area (Å²) in [5, 5.41) is 3.26. The third-order valence-corrected chi connectivity index (χ3v) is 3.74. The van der Waals surface area contributed by atoms with Crippen molar-refractivity contribution in [2.75, 3.05) is 23.8 Å². The molecule has 2 aromatic carbocycles. The molecule has 0 fully saturated rings. The molecule has 2 aromatic rings. The molecule has 0 saturated heterocycles. The van der Waals surface area contributed by atoms with Crippen LogP contribution in [0.25, 0.3) is 0 Å². The average molecular weight is 333 g/mol. The summed E-state index contributed by atoms with van der Waals surface area (Å²) >= 11 is 3.47. The highest BCUT2D eigenvalue weighted by Gasteiger charge is 2.10. The molecular weight excluding hydrogens is 316 g/mol. The summed E-state index contributed by atoms with van der Waals surface area (Å²) in [4.78, 5) is 13.8. The maximum atomic E-state index is 12.1. The Hall–Kier alpha value is -1.81. The predicted molar refractivity (Wildman–Crippen MR) is 87.1 cm³/mol. The van der Waals surface area contributed by atoms with Crippen molar-refractivity contribution in [3.8, 4) is 0 Å². The zero-order valence-corrected chi connectivity index (χ0v) is 12.9. The molecule has 0 saturated carbocycles. The topological polar surface area (TPSA) is 32.3 Å². The third-order valence-electron chi connectivity index (χ3n) is 3.05. The molecular formula is C16H17BrN2O. The Bertz CT molecular complexity index is 572. The summed E-state index contributed by atoms with van der Waals surface area (Å²) in [5.41, 5.74) is 1.92. The van der Waals surface area contributed by atoms with Crippen LogP contribution in [0.5, 0.6) is 0 Å². The second kappa shape index (κ2) is 7.10. The van der Waals surface area contributed by atoms with Crippen LogP contribution in [-0.2, 0) is 4.79 Å². The SMILES string of the molecule is CN(C(=O)CCNc1ccccc1Br)c1ccccc1. The summed E-state index contributed by atoms with van der Waals surface area (Å²) in [6.07, 6.45) is 0.451. The predicted octanol–water partition coefficient (Wildman–Crippen LogP) is 3.91. The lowest BCUT2D eigenvalue weighted by Crippen LogP contribution is -2.27. The van der Waals surface area contributed by atoms with Crippen LogP contribution < -0.4 is 10.2 Å². The Labute approximate surface area is 127 Å². The van der Waals surface area contributed by atoms with Crippen molar-refractivity contribution >= 4 is 33.2 Å². The second-order valence-corrected chi connectivity index (χ2v) is 5.30. The molecule has 0 aliphatic carbocycles. The number of amides is 1. The van der Waals surface area contributed by atoms with Gasteiger partial charge in [-0.1, -0.05) is 30.3 Å². The van der Waals surface area contributed by atoms with Gasteiger partial charge in [0.25, 0.3) is 0 Å². The van der Waals surface area contributed by atoms with Gasteiger partial charge >= 0.3 is 0 Å².